The molecule has 0 aliphatic carbocycles. The van der Waals surface area contributed by atoms with Gasteiger partial charge in [0.15, 0.2) is 0 Å². The van der Waals surface area contributed by atoms with Crippen LogP contribution in [0, 0.1) is 0 Å². The number of thiophene rings is 1. The van der Waals surface area contributed by atoms with Crippen LogP contribution in [0.5, 0.6) is 0 Å². The maximum atomic E-state index is 12.3. The molecule has 1 atom stereocenters. The zero-order valence-corrected chi connectivity index (χ0v) is 12.5. The van der Waals surface area contributed by atoms with Gasteiger partial charge in [-0.2, -0.15) is 4.31 Å². The third-order valence-corrected chi connectivity index (χ3v) is 6.85. The Kier molecular flexibility index (Phi) is 4.42. The number of nitrogens with zero attached hydrogens (tertiary/aromatic N) is 2. The Morgan fingerprint density at radius 2 is 2.00 bits per heavy atom. The standard InChI is InChI=1S/C12H20N2O2S2/c1-3-11(2)13-6-8-14(9-7-13)18(15,16)12-5-4-10-17-12/h4-5,10-11H,3,6-9H2,1-2H3. The first-order chi connectivity index (χ1) is 8.55. The second-order valence-electron chi connectivity index (χ2n) is 4.63. The molecule has 1 unspecified atom stereocenters. The summed E-state index contributed by atoms with van der Waals surface area (Å²) in [4.78, 5) is 2.36. The van der Waals surface area contributed by atoms with Crippen LogP contribution in [0.1, 0.15) is 20.3 Å². The molecule has 1 aromatic rings. The van der Waals surface area contributed by atoms with Crippen molar-refractivity contribution in [2.75, 3.05) is 26.2 Å². The molecular weight excluding hydrogens is 268 g/mol. The number of rotatable bonds is 4. The van der Waals surface area contributed by atoms with Gasteiger partial charge in [0.05, 0.1) is 0 Å². The zero-order valence-electron chi connectivity index (χ0n) is 10.9. The van der Waals surface area contributed by atoms with E-state index >= 15 is 0 Å². The summed E-state index contributed by atoms with van der Waals surface area (Å²) in [6, 6.07) is 4.00. The van der Waals surface area contributed by atoms with Gasteiger partial charge in [0.2, 0.25) is 0 Å². The minimum absolute atomic E-state index is 0.458. The highest BCUT2D eigenvalue weighted by Gasteiger charge is 2.29. The third-order valence-electron chi connectivity index (χ3n) is 3.58. The van der Waals surface area contributed by atoms with Gasteiger partial charge in [-0.1, -0.05) is 13.0 Å². The van der Waals surface area contributed by atoms with Gasteiger partial charge < -0.3 is 0 Å². The van der Waals surface area contributed by atoms with E-state index in [4.69, 9.17) is 0 Å². The van der Waals surface area contributed by atoms with Gasteiger partial charge in [-0.15, -0.1) is 11.3 Å². The molecule has 4 nitrogen and oxygen atoms in total. The summed E-state index contributed by atoms with van der Waals surface area (Å²) in [5, 5.41) is 1.81. The first kappa shape index (κ1) is 14.0. The van der Waals surface area contributed by atoms with E-state index in [1.165, 1.54) is 11.3 Å². The van der Waals surface area contributed by atoms with Crippen molar-refractivity contribution in [3.63, 3.8) is 0 Å². The molecule has 0 N–H and O–H groups in total. The van der Waals surface area contributed by atoms with Gasteiger partial charge in [-0.25, -0.2) is 8.42 Å². The molecule has 0 bridgehead atoms. The van der Waals surface area contributed by atoms with E-state index in [1.54, 1.807) is 16.4 Å². The summed E-state index contributed by atoms with van der Waals surface area (Å²) < 4.78 is 26.7. The van der Waals surface area contributed by atoms with Crippen LogP contribution < -0.4 is 0 Å². The van der Waals surface area contributed by atoms with Gasteiger partial charge in [0.1, 0.15) is 4.21 Å². The normalized spacial score (nSPS) is 21.0. The van der Waals surface area contributed by atoms with Crippen LogP contribution >= 0.6 is 11.3 Å². The fourth-order valence-electron chi connectivity index (χ4n) is 2.18. The molecule has 0 amide bonds. The molecule has 1 saturated heterocycles. The van der Waals surface area contributed by atoms with Crippen LogP contribution in [0.4, 0.5) is 0 Å². The lowest BCUT2D eigenvalue weighted by Gasteiger charge is -2.36. The molecule has 102 valence electrons. The van der Waals surface area contributed by atoms with Crippen molar-refractivity contribution < 1.29 is 8.42 Å². The van der Waals surface area contributed by atoms with Crippen molar-refractivity contribution in [3.05, 3.63) is 17.5 Å². The summed E-state index contributed by atoms with van der Waals surface area (Å²) in [5.74, 6) is 0. The van der Waals surface area contributed by atoms with Crippen molar-refractivity contribution in [2.45, 2.75) is 30.5 Å². The number of hydrogen-bond donors (Lipinski definition) is 0. The molecule has 1 fully saturated rings. The Labute approximate surface area is 113 Å². The van der Waals surface area contributed by atoms with E-state index in [9.17, 15) is 8.42 Å². The summed E-state index contributed by atoms with van der Waals surface area (Å²) in [6.45, 7) is 7.23. The first-order valence-electron chi connectivity index (χ1n) is 6.33. The van der Waals surface area contributed by atoms with E-state index in [1.807, 2.05) is 5.38 Å². The van der Waals surface area contributed by atoms with Crippen LogP contribution in [0.25, 0.3) is 0 Å². The van der Waals surface area contributed by atoms with E-state index in [2.05, 4.69) is 18.7 Å². The fraction of sp³-hybridized carbons (Fsp3) is 0.667. The van der Waals surface area contributed by atoms with Gasteiger partial charge in [0.25, 0.3) is 10.0 Å². The Morgan fingerprint density at radius 1 is 1.33 bits per heavy atom. The van der Waals surface area contributed by atoms with Crippen LogP contribution in [-0.2, 0) is 10.0 Å². The average molecular weight is 288 g/mol. The summed E-state index contributed by atoms with van der Waals surface area (Å²) in [6.07, 6.45) is 1.11. The molecule has 1 aromatic heterocycles. The van der Waals surface area contributed by atoms with Gasteiger partial charge in [0, 0.05) is 32.2 Å². The van der Waals surface area contributed by atoms with Crippen LogP contribution in [-0.4, -0.2) is 49.8 Å². The predicted molar refractivity (Wildman–Crippen MR) is 74.4 cm³/mol. The minimum atomic E-state index is -3.25. The Morgan fingerprint density at radius 3 is 2.50 bits per heavy atom. The first-order valence-corrected chi connectivity index (χ1v) is 8.65. The van der Waals surface area contributed by atoms with Gasteiger partial charge >= 0.3 is 0 Å². The highest BCUT2D eigenvalue weighted by atomic mass is 32.2. The Balaban J connectivity index is 2.02. The van der Waals surface area contributed by atoms with Crippen LogP contribution in [0.2, 0.25) is 0 Å². The van der Waals surface area contributed by atoms with Crippen molar-refractivity contribution in [2.24, 2.45) is 0 Å². The lowest BCUT2D eigenvalue weighted by molar-refractivity contribution is 0.143. The lowest BCUT2D eigenvalue weighted by atomic mass is 10.2. The zero-order chi connectivity index (χ0) is 13.2. The second kappa shape index (κ2) is 5.69. The van der Waals surface area contributed by atoms with E-state index in [0.717, 1.165) is 19.5 Å². The molecule has 2 heterocycles. The quantitative estimate of drug-likeness (QED) is 0.849. The van der Waals surface area contributed by atoms with Crippen LogP contribution in [0.3, 0.4) is 0 Å². The number of sulfonamides is 1. The number of hydrogen-bond acceptors (Lipinski definition) is 4. The predicted octanol–water partition coefficient (Wildman–Crippen LogP) is 1.85. The SMILES string of the molecule is CCC(C)N1CCN(S(=O)(=O)c2cccs2)CC1. The van der Waals surface area contributed by atoms with Crippen molar-refractivity contribution in [1.29, 1.82) is 0 Å². The molecule has 0 saturated carbocycles. The fourth-order valence-corrected chi connectivity index (χ4v) is 4.75. The summed E-state index contributed by atoms with van der Waals surface area (Å²) in [7, 11) is -3.25. The Bertz CT molecular complexity index is 462. The van der Waals surface area contributed by atoms with Crippen LogP contribution in [0.15, 0.2) is 21.7 Å². The molecular formula is C12H20N2O2S2. The Hall–Kier alpha value is -0.430. The minimum Gasteiger partial charge on any atom is -0.298 e. The molecule has 2 rings (SSSR count). The largest absolute Gasteiger partial charge is 0.298 e. The van der Waals surface area contributed by atoms with E-state index in [-0.39, 0.29) is 0 Å². The maximum absolute atomic E-state index is 12.3. The summed E-state index contributed by atoms with van der Waals surface area (Å²) >= 11 is 1.29. The highest BCUT2D eigenvalue weighted by molar-refractivity contribution is 7.91. The smallest absolute Gasteiger partial charge is 0.252 e. The molecule has 1 aliphatic heterocycles. The molecule has 18 heavy (non-hydrogen) atoms. The molecule has 6 heteroatoms. The molecule has 0 radical (unpaired) electrons. The average Bonchev–Trinajstić information content (AvgIpc) is 2.92. The van der Waals surface area contributed by atoms with Crippen molar-refractivity contribution >= 4 is 21.4 Å². The molecule has 1 aliphatic rings. The van der Waals surface area contributed by atoms with Crippen molar-refractivity contribution in [3.8, 4) is 0 Å². The maximum Gasteiger partial charge on any atom is 0.252 e. The van der Waals surface area contributed by atoms with E-state index in [0.29, 0.717) is 23.3 Å². The van der Waals surface area contributed by atoms with Gasteiger partial charge in [-0.3, -0.25) is 4.90 Å². The molecule has 0 spiro atoms. The van der Waals surface area contributed by atoms with Gasteiger partial charge in [-0.05, 0) is 24.8 Å². The highest BCUT2D eigenvalue weighted by Crippen LogP contribution is 2.22. The number of piperazine rings is 1. The topological polar surface area (TPSA) is 40.6 Å². The van der Waals surface area contributed by atoms with Crippen molar-refractivity contribution in [1.82, 2.24) is 9.21 Å². The van der Waals surface area contributed by atoms with E-state index < -0.39 is 10.0 Å². The second-order valence-corrected chi connectivity index (χ2v) is 7.74. The lowest BCUT2D eigenvalue weighted by Crippen LogP contribution is -2.50. The monoisotopic (exact) mass is 288 g/mol. The third kappa shape index (κ3) is 2.77. The molecule has 0 aromatic carbocycles. The summed E-state index contributed by atoms with van der Waals surface area (Å²) in [5.41, 5.74) is 0.